The predicted octanol–water partition coefficient (Wildman–Crippen LogP) is 2.87. The summed E-state index contributed by atoms with van der Waals surface area (Å²) in [4.78, 5) is 12.8. The molecule has 0 aliphatic carbocycles. The van der Waals surface area contributed by atoms with Crippen molar-refractivity contribution >= 4 is 10.9 Å². The van der Waals surface area contributed by atoms with E-state index in [1.807, 2.05) is 37.3 Å². The molecule has 90 valence electrons. The van der Waals surface area contributed by atoms with Crippen molar-refractivity contribution in [3.8, 4) is 17.5 Å². The van der Waals surface area contributed by atoms with Crippen LogP contribution in [0.15, 0.2) is 42.7 Å². The largest absolute Gasteiger partial charge is 0.265 e. The van der Waals surface area contributed by atoms with Crippen molar-refractivity contribution < 1.29 is 0 Å². The molecular formula is C15H10N4. The highest BCUT2D eigenvalue weighted by molar-refractivity contribution is 5.85. The Balaban J connectivity index is 2.31. The topological polar surface area (TPSA) is 62.5 Å². The lowest BCUT2D eigenvalue weighted by atomic mass is 10.1. The first-order chi connectivity index (χ1) is 9.28. The lowest BCUT2D eigenvalue weighted by molar-refractivity contribution is 1.19. The van der Waals surface area contributed by atoms with Crippen LogP contribution in [0.5, 0.6) is 0 Å². The summed E-state index contributed by atoms with van der Waals surface area (Å²) >= 11 is 0. The van der Waals surface area contributed by atoms with E-state index in [2.05, 4.69) is 21.0 Å². The van der Waals surface area contributed by atoms with Crippen LogP contribution in [0.2, 0.25) is 0 Å². The zero-order valence-corrected chi connectivity index (χ0v) is 10.3. The van der Waals surface area contributed by atoms with Gasteiger partial charge in [-0.15, -0.1) is 0 Å². The molecule has 0 aliphatic heterocycles. The highest BCUT2D eigenvalue weighted by Crippen LogP contribution is 2.21. The van der Waals surface area contributed by atoms with Crippen LogP contribution in [0, 0.1) is 18.3 Å². The number of benzene rings is 1. The maximum atomic E-state index is 9.22. The number of aryl methyl sites for hydroxylation is 1. The van der Waals surface area contributed by atoms with Crippen molar-refractivity contribution in [3.05, 3.63) is 54.0 Å². The maximum absolute atomic E-state index is 9.22. The zero-order valence-electron chi connectivity index (χ0n) is 10.3. The lowest BCUT2D eigenvalue weighted by Crippen LogP contribution is -1.95. The third kappa shape index (κ3) is 2.02. The minimum atomic E-state index is 0.400. The molecule has 0 N–H and O–H groups in total. The predicted molar refractivity (Wildman–Crippen MR) is 72.2 cm³/mol. The van der Waals surface area contributed by atoms with Crippen LogP contribution in [0.1, 0.15) is 11.3 Å². The van der Waals surface area contributed by atoms with Gasteiger partial charge in [0.05, 0.1) is 5.52 Å². The average molecular weight is 246 g/mol. The van der Waals surface area contributed by atoms with E-state index in [1.54, 1.807) is 12.4 Å². The molecule has 0 saturated carbocycles. The molecule has 0 bridgehead atoms. The molecule has 19 heavy (non-hydrogen) atoms. The molecule has 0 saturated heterocycles. The number of fused-ring (bicyclic) bond motifs is 1. The van der Waals surface area contributed by atoms with Crippen molar-refractivity contribution in [2.75, 3.05) is 0 Å². The van der Waals surface area contributed by atoms with E-state index >= 15 is 0 Å². The summed E-state index contributed by atoms with van der Waals surface area (Å²) in [5, 5.41) is 10.0. The molecule has 0 fully saturated rings. The number of nitriles is 1. The first-order valence-corrected chi connectivity index (χ1v) is 5.87. The van der Waals surface area contributed by atoms with E-state index < -0.39 is 0 Å². The molecule has 2 heterocycles. The molecule has 2 aromatic heterocycles. The Morgan fingerprint density at radius 3 is 2.58 bits per heavy atom. The van der Waals surface area contributed by atoms with Crippen molar-refractivity contribution in [3.63, 3.8) is 0 Å². The van der Waals surface area contributed by atoms with Gasteiger partial charge in [-0.2, -0.15) is 5.26 Å². The monoisotopic (exact) mass is 246 g/mol. The Kier molecular flexibility index (Phi) is 2.66. The van der Waals surface area contributed by atoms with E-state index in [9.17, 15) is 5.26 Å². The summed E-state index contributed by atoms with van der Waals surface area (Å²) in [7, 11) is 0. The van der Waals surface area contributed by atoms with Crippen LogP contribution in [0.25, 0.3) is 22.3 Å². The molecule has 0 amide bonds. The van der Waals surface area contributed by atoms with Crippen molar-refractivity contribution in [2.24, 2.45) is 0 Å². The maximum Gasteiger partial charge on any atom is 0.161 e. The van der Waals surface area contributed by atoms with Crippen molar-refractivity contribution in [2.45, 2.75) is 6.92 Å². The summed E-state index contributed by atoms with van der Waals surface area (Å²) in [6, 6.07) is 11.6. The van der Waals surface area contributed by atoms with Crippen LogP contribution >= 0.6 is 0 Å². The van der Waals surface area contributed by atoms with Gasteiger partial charge in [0, 0.05) is 23.3 Å². The second-order valence-electron chi connectivity index (χ2n) is 4.26. The molecule has 0 unspecified atom stereocenters. The molecule has 0 atom stereocenters. The van der Waals surface area contributed by atoms with Gasteiger partial charge in [-0.05, 0) is 36.8 Å². The third-order valence-electron chi connectivity index (χ3n) is 2.90. The van der Waals surface area contributed by atoms with E-state index in [-0.39, 0.29) is 0 Å². The SMILES string of the molecule is Cc1ccc2c(C#N)nc(-c3ccncc3)nc2c1. The van der Waals surface area contributed by atoms with E-state index in [0.29, 0.717) is 11.5 Å². The second kappa shape index (κ2) is 4.46. The first-order valence-electron chi connectivity index (χ1n) is 5.87. The van der Waals surface area contributed by atoms with Crippen LogP contribution < -0.4 is 0 Å². The van der Waals surface area contributed by atoms with Crippen molar-refractivity contribution in [1.29, 1.82) is 5.26 Å². The van der Waals surface area contributed by atoms with E-state index in [0.717, 1.165) is 22.0 Å². The molecule has 3 rings (SSSR count). The fourth-order valence-corrected chi connectivity index (χ4v) is 1.95. The summed E-state index contributed by atoms with van der Waals surface area (Å²) in [6.45, 7) is 2.00. The van der Waals surface area contributed by atoms with Gasteiger partial charge in [-0.3, -0.25) is 4.98 Å². The van der Waals surface area contributed by atoms with Gasteiger partial charge >= 0.3 is 0 Å². The lowest BCUT2D eigenvalue weighted by Gasteiger charge is -2.05. The normalized spacial score (nSPS) is 10.3. The van der Waals surface area contributed by atoms with Crippen LogP contribution in [0.4, 0.5) is 0 Å². The molecule has 4 heteroatoms. The standard InChI is InChI=1S/C15H10N4/c1-10-2-3-12-13(8-10)18-15(19-14(12)9-16)11-4-6-17-7-5-11/h2-8H,1H3. The Morgan fingerprint density at radius 1 is 1.05 bits per heavy atom. The quantitative estimate of drug-likeness (QED) is 0.662. The number of nitrogens with zero attached hydrogens (tertiary/aromatic N) is 4. The molecule has 3 aromatic rings. The molecule has 0 radical (unpaired) electrons. The van der Waals surface area contributed by atoms with Gasteiger partial charge in [0.25, 0.3) is 0 Å². The number of rotatable bonds is 1. The molecule has 1 aromatic carbocycles. The minimum absolute atomic E-state index is 0.400. The molecule has 0 aliphatic rings. The van der Waals surface area contributed by atoms with Crippen LogP contribution in [-0.2, 0) is 0 Å². The number of hydrogen-bond acceptors (Lipinski definition) is 4. The molecule has 4 nitrogen and oxygen atoms in total. The second-order valence-corrected chi connectivity index (χ2v) is 4.26. The van der Waals surface area contributed by atoms with Crippen LogP contribution in [-0.4, -0.2) is 15.0 Å². The average Bonchev–Trinajstić information content (AvgIpc) is 2.46. The summed E-state index contributed by atoms with van der Waals surface area (Å²) < 4.78 is 0. The highest BCUT2D eigenvalue weighted by Gasteiger charge is 2.08. The molecular weight excluding hydrogens is 236 g/mol. The zero-order chi connectivity index (χ0) is 13.2. The van der Waals surface area contributed by atoms with Gasteiger partial charge in [0.2, 0.25) is 0 Å². The summed E-state index contributed by atoms with van der Waals surface area (Å²) in [5.74, 6) is 0.553. The van der Waals surface area contributed by atoms with E-state index in [4.69, 9.17) is 0 Å². The Bertz CT molecular complexity index is 788. The number of aromatic nitrogens is 3. The highest BCUT2D eigenvalue weighted by atomic mass is 14.9. The fraction of sp³-hybridized carbons (Fsp3) is 0.0667. The van der Waals surface area contributed by atoms with Gasteiger partial charge < -0.3 is 0 Å². The molecule has 0 spiro atoms. The van der Waals surface area contributed by atoms with Gasteiger partial charge in [0.15, 0.2) is 11.5 Å². The Morgan fingerprint density at radius 2 is 1.84 bits per heavy atom. The fourth-order valence-electron chi connectivity index (χ4n) is 1.95. The van der Waals surface area contributed by atoms with E-state index in [1.165, 1.54) is 0 Å². The third-order valence-corrected chi connectivity index (χ3v) is 2.90. The minimum Gasteiger partial charge on any atom is -0.265 e. The van der Waals surface area contributed by atoms with Gasteiger partial charge in [-0.1, -0.05) is 6.07 Å². The number of hydrogen-bond donors (Lipinski definition) is 0. The Labute approximate surface area is 110 Å². The summed E-state index contributed by atoms with van der Waals surface area (Å²) in [6.07, 6.45) is 3.37. The van der Waals surface area contributed by atoms with Crippen molar-refractivity contribution in [1.82, 2.24) is 15.0 Å². The smallest absolute Gasteiger partial charge is 0.161 e. The van der Waals surface area contributed by atoms with Crippen LogP contribution in [0.3, 0.4) is 0 Å². The summed E-state index contributed by atoms with van der Waals surface area (Å²) in [5.41, 5.74) is 3.15. The van der Waals surface area contributed by atoms with Gasteiger partial charge in [0.1, 0.15) is 6.07 Å². The number of pyridine rings is 1. The first kappa shape index (κ1) is 11.3. The van der Waals surface area contributed by atoms with Gasteiger partial charge in [-0.25, -0.2) is 9.97 Å². The Hall–Kier alpha value is -2.80.